The highest BCUT2D eigenvalue weighted by atomic mass is 35.5. The maximum atomic E-state index is 12.6. The molecule has 0 spiro atoms. The number of aromatic nitrogens is 1. The van der Waals surface area contributed by atoms with Gasteiger partial charge in [-0.15, -0.1) is 0 Å². The number of carboxylic acid groups (broad SMARTS) is 1. The lowest BCUT2D eigenvalue weighted by atomic mass is 10.1. The van der Waals surface area contributed by atoms with Crippen molar-refractivity contribution in [2.45, 2.75) is 13.5 Å². The third kappa shape index (κ3) is 4.05. The average Bonchev–Trinajstić information content (AvgIpc) is 2.99. The third-order valence-corrected chi connectivity index (χ3v) is 4.47. The minimum atomic E-state index is -0.981. The lowest BCUT2D eigenvalue weighted by Crippen LogP contribution is -2.14. The number of hydrogen-bond acceptors (Lipinski definition) is 3. The van der Waals surface area contributed by atoms with Crippen LogP contribution in [0.3, 0.4) is 0 Å². The van der Waals surface area contributed by atoms with Crippen molar-refractivity contribution in [3.63, 3.8) is 0 Å². The van der Waals surface area contributed by atoms with Gasteiger partial charge in [-0.25, -0.2) is 0 Å². The number of nitrogens with one attached hydrogen (secondary N) is 1. The zero-order chi connectivity index (χ0) is 20.3. The number of benzene rings is 2. The van der Waals surface area contributed by atoms with Crippen LogP contribution < -0.4 is 5.32 Å². The fraction of sp³-hybridized carbons (Fsp3) is 0.0952. The summed E-state index contributed by atoms with van der Waals surface area (Å²) in [5.41, 5.74) is 2.53. The molecule has 0 aliphatic carbocycles. The summed E-state index contributed by atoms with van der Waals surface area (Å²) in [6.45, 7) is 1.60. The Morgan fingerprint density at radius 1 is 1.29 bits per heavy atom. The van der Waals surface area contributed by atoms with Gasteiger partial charge in [0.15, 0.2) is 0 Å². The van der Waals surface area contributed by atoms with Crippen molar-refractivity contribution in [2.24, 2.45) is 0 Å². The highest BCUT2D eigenvalue weighted by Gasteiger charge is 2.14. The van der Waals surface area contributed by atoms with Crippen molar-refractivity contribution >= 4 is 46.1 Å². The number of hydrogen-bond donors (Lipinski definition) is 2. The zero-order valence-corrected chi connectivity index (χ0v) is 15.7. The molecule has 0 fully saturated rings. The predicted molar refractivity (Wildman–Crippen MR) is 108 cm³/mol. The van der Waals surface area contributed by atoms with Crippen molar-refractivity contribution < 1.29 is 14.7 Å². The summed E-state index contributed by atoms with van der Waals surface area (Å²) in [5, 5.41) is 22.5. The molecule has 1 aromatic heterocycles. The summed E-state index contributed by atoms with van der Waals surface area (Å²) in [7, 11) is 0. The van der Waals surface area contributed by atoms with Gasteiger partial charge in [0, 0.05) is 33.4 Å². The summed E-state index contributed by atoms with van der Waals surface area (Å²) >= 11 is 5.97. The summed E-state index contributed by atoms with van der Waals surface area (Å²) < 4.78 is 1.57. The number of rotatable bonds is 5. The van der Waals surface area contributed by atoms with E-state index in [1.165, 1.54) is 6.08 Å². The quantitative estimate of drug-likeness (QED) is 0.500. The van der Waals surface area contributed by atoms with Crippen LogP contribution in [0, 0.1) is 18.3 Å². The van der Waals surface area contributed by atoms with Crippen LogP contribution in [-0.2, 0) is 16.1 Å². The first kappa shape index (κ1) is 19.2. The number of aryl methyl sites for hydroxylation is 1. The molecule has 28 heavy (non-hydrogen) atoms. The van der Waals surface area contributed by atoms with Crippen LogP contribution in [0.15, 0.2) is 54.2 Å². The molecule has 0 saturated heterocycles. The molecule has 2 N–H and O–H groups in total. The van der Waals surface area contributed by atoms with E-state index in [1.54, 1.807) is 41.1 Å². The van der Waals surface area contributed by atoms with Gasteiger partial charge in [-0.3, -0.25) is 9.59 Å². The molecule has 6 nitrogen and oxygen atoms in total. The Labute approximate surface area is 166 Å². The maximum Gasteiger partial charge on any atom is 0.323 e. The number of nitrogens with zero attached hydrogens (tertiary/aromatic N) is 2. The van der Waals surface area contributed by atoms with Gasteiger partial charge in [0.2, 0.25) is 0 Å². The van der Waals surface area contributed by atoms with E-state index in [9.17, 15) is 14.9 Å². The molecule has 1 heterocycles. The Hall–Kier alpha value is -3.56. The highest BCUT2D eigenvalue weighted by molar-refractivity contribution is 6.31. The minimum absolute atomic E-state index is 0.0994. The van der Waals surface area contributed by atoms with Crippen LogP contribution in [0.1, 0.15) is 11.1 Å². The first-order valence-corrected chi connectivity index (χ1v) is 8.76. The lowest BCUT2D eigenvalue weighted by Gasteiger charge is -2.08. The van der Waals surface area contributed by atoms with Crippen molar-refractivity contribution in [2.75, 3.05) is 5.32 Å². The van der Waals surface area contributed by atoms with Gasteiger partial charge in [0.1, 0.15) is 18.2 Å². The van der Waals surface area contributed by atoms with Crippen LogP contribution in [0.4, 0.5) is 5.69 Å². The van der Waals surface area contributed by atoms with Crippen molar-refractivity contribution in [3.05, 3.63) is 70.4 Å². The molecule has 0 unspecified atom stereocenters. The van der Waals surface area contributed by atoms with Gasteiger partial charge in [0.25, 0.3) is 5.91 Å². The number of carbonyl (C=O) groups excluding carboxylic acids is 1. The number of carboxylic acids is 1. The molecule has 0 aliphatic heterocycles. The first-order chi connectivity index (χ1) is 13.4. The second-order valence-corrected chi connectivity index (χ2v) is 6.64. The number of para-hydroxylation sites is 1. The van der Waals surface area contributed by atoms with Crippen LogP contribution in [0.5, 0.6) is 0 Å². The van der Waals surface area contributed by atoms with Gasteiger partial charge in [-0.2, -0.15) is 5.26 Å². The van der Waals surface area contributed by atoms with Crippen LogP contribution in [0.25, 0.3) is 17.0 Å². The average molecular weight is 394 g/mol. The number of nitriles is 1. The van der Waals surface area contributed by atoms with Gasteiger partial charge < -0.3 is 15.0 Å². The Morgan fingerprint density at radius 2 is 2.04 bits per heavy atom. The molecule has 0 saturated carbocycles. The molecule has 2 aromatic carbocycles. The van der Waals surface area contributed by atoms with Crippen LogP contribution in [0.2, 0.25) is 5.02 Å². The fourth-order valence-electron chi connectivity index (χ4n) is 2.89. The summed E-state index contributed by atoms with van der Waals surface area (Å²) in [4.78, 5) is 23.7. The molecule has 3 aromatic rings. The molecule has 0 bridgehead atoms. The monoisotopic (exact) mass is 393 g/mol. The minimum Gasteiger partial charge on any atom is -0.480 e. The highest BCUT2D eigenvalue weighted by Crippen LogP contribution is 2.25. The third-order valence-electron chi connectivity index (χ3n) is 4.24. The molecule has 0 atom stereocenters. The second kappa shape index (κ2) is 7.99. The van der Waals surface area contributed by atoms with Gasteiger partial charge in [0.05, 0.1) is 0 Å². The SMILES string of the molecule is Cc1ccc(Cl)cc1NC(=O)/C(C#N)=C/c1cn(CC(=O)O)c2ccccc12. The standard InChI is InChI=1S/C21H16ClN3O3/c1-13-6-7-16(22)9-18(13)24-21(28)14(10-23)8-15-11-25(12-20(26)27)19-5-3-2-4-17(15)19/h2-9,11H,12H2,1H3,(H,24,28)(H,26,27)/b14-8+. The second-order valence-electron chi connectivity index (χ2n) is 6.21. The fourth-order valence-corrected chi connectivity index (χ4v) is 3.06. The Morgan fingerprint density at radius 3 is 2.75 bits per heavy atom. The molecule has 7 heteroatoms. The Bertz CT molecular complexity index is 1160. The zero-order valence-electron chi connectivity index (χ0n) is 14.9. The summed E-state index contributed by atoms with van der Waals surface area (Å²) in [5.74, 6) is -1.55. The summed E-state index contributed by atoms with van der Waals surface area (Å²) in [6, 6.07) is 14.2. The normalized spacial score (nSPS) is 11.2. The van der Waals surface area contributed by atoms with E-state index in [0.717, 1.165) is 10.9 Å². The number of anilines is 1. The number of fused-ring (bicyclic) bond motifs is 1. The maximum absolute atomic E-state index is 12.6. The molecular formula is C21H16ClN3O3. The molecular weight excluding hydrogens is 378 g/mol. The van der Waals surface area contributed by atoms with Crippen molar-refractivity contribution in [1.29, 1.82) is 5.26 Å². The Balaban J connectivity index is 1.99. The number of carbonyl (C=O) groups is 2. The van der Waals surface area contributed by atoms with Gasteiger partial charge >= 0.3 is 5.97 Å². The molecule has 0 radical (unpaired) electrons. The molecule has 0 aliphatic rings. The van der Waals surface area contributed by atoms with E-state index in [2.05, 4.69) is 5.32 Å². The van der Waals surface area contributed by atoms with Crippen LogP contribution >= 0.6 is 11.6 Å². The number of amides is 1. The Kier molecular flexibility index (Phi) is 5.48. The van der Waals surface area contributed by atoms with E-state index < -0.39 is 11.9 Å². The van der Waals surface area contributed by atoms with E-state index in [4.69, 9.17) is 16.7 Å². The van der Waals surface area contributed by atoms with E-state index in [0.29, 0.717) is 21.8 Å². The van der Waals surface area contributed by atoms with Gasteiger partial charge in [-0.1, -0.05) is 35.9 Å². The smallest absolute Gasteiger partial charge is 0.323 e. The number of aliphatic carboxylic acids is 1. The van der Waals surface area contributed by atoms with E-state index >= 15 is 0 Å². The molecule has 140 valence electrons. The topological polar surface area (TPSA) is 95.1 Å². The number of halogens is 1. The lowest BCUT2D eigenvalue weighted by molar-refractivity contribution is -0.137. The van der Waals surface area contributed by atoms with Crippen molar-refractivity contribution in [3.8, 4) is 6.07 Å². The largest absolute Gasteiger partial charge is 0.480 e. The predicted octanol–water partition coefficient (Wildman–Crippen LogP) is 4.23. The van der Waals surface area contributed by atoms with Crippen LogP contribution in [-0.4, -0.2) is 21.6 Å². The first-order valence-electron chi connectivity index (χ1n) is 8.38. The van der Waals surface area contributed by atoms with Gasteiger partial charge in [-0.05, 0) is 36.8 Å². The van der Waals surface area contributed by atoms with E-state index in [-0.39, 0.29) is 12.1 Å². The van der Waals surface area contributed by atoms with Crippen molar-refractivity contribution in [1.82, 2.24) is 4.57 Å². The summed E-state index contributed by atoms with van der Waals surface area (Å²) in [6.07, 6.45) is 3.07. The molecule has 3 rings (SSSR count). The van der Waals surface area contributed by atoms with E-state index in [1.807, 2.05) is 25.1 Å². The molecule has 1 amide bonds.